The van der Waals surface area contributed by atoms with Crippen molar-refractivity contribution in [2.75, 3.05) is 5.32 Å². The number of hydrogen-bond acceptors (Lipinski definition) is 6. The Morgan fingerprint density at radius 2 is 2.20 bits per heavy atom. The zero-order valence-electron chi connectivity index (χ0n) is 10.5. The van der Waals surface area contributed by atoms with Crippen molar-refractivity contribution in [2.24, 2.45) is 0 Å². The average molecular weight is 286 g/mol. The topological polar surface area (TPSA) is 85.6 Å². The third-order valence-corrected chi connectivity index (χ3v) is 3.55. The fraction of sp³-hybridized carbons (Fsp3) is 0.0833. The van der Waals surface area contributed by atoms with Crippen molar-refractivity contribution in [1.82, 2.24) is 24.7 Å². The quantitative estimate of drug-likeness (QED) is 0.791. The molecule has 0 unspecified atom stereocenters. The Bertz CT molecular complexity index is 736. The summed E-state index contributed by atoms with van der Waals surface area (Å²) in [6.45, 7) is 1.95. The molecule has 0 fully saturated rings. The number of nitrogens with one attached hydrogen (secondary N) is 1. The van der Waals surface area contributed by atoms with Gasteiger partial charge in [-0.05, 0) is 23.9 Å². The third kappa shape index (κ3) is 2.54. The van der Waals surface area contributed by atoms with Crippen LogP contribution in [0.1, 0.15) is 15.2 Å². The SMILES string of the molecule is Cc1csc(C(=O)Nc2cc(-n3cncn3)ncn2)c1. The number of aromatic nitrogens is 5. The molecule has 0 atom stereocenters. The lowest BCUT2D eigenvalue weighted by molar-refractivity contribution is 0.103. The second-order valence-electron chi connectivity index (χ2n) is 4.04. The molecule has 0 aliphatic rings. The predicted molar refractivity (Wildman–Crippen MR) is 74.0 cm³/mol. The molecule has 8 heteroatoms. The van der Waals surface area contributed by atoms with E-state index in [9.17, 15) is 4.79 Å². The van der Waals surface area contributed by atoms with Gasteiger partial charge in [0.25, 0.3) is 5.91 Å². The second-order valence-corrected chi connectivity index (χ2v) is 4.96. The molecule has 1 amide bonds. The molecule has 20 heavy (non-hydrogen) atoms. The molecule has 0 saturated carbocycles. The van der Waals surface area contributed by atoms with Crippen LogP contribution in [-0.2, 0) is 0 Å². The van der Waals surface area contributed by atoms with Gasteiger partial charge < -0.3 is 5.32 Å². The molecule has 3 aromatic rings. The summed E-state index contributed by atoms with van der Waals surface area (Å²) in [7, 11) is 0. The number of nitrogens with zero attached hydrogens (tertiary/aromatic N) is 5. The van der Waals surface area contributed by atoms with E-state index in [-0.39, 0.29) is 5.91 Å². The number of hydrogen-bond donors (Lipinski definition) is 1. The summed E-state index contributed by atoms with van der Waals surface area (Å²) < 4.78 is 1.49. The first-order valence-electron chi connectivity index (χ1n) is 5.76. The monoisotopic (exact) mass is 286 g/mol. The average Bonchev–Trinajstić information content (AvgIpc) is 3.10. The van der Waals surface area contributed by atoms with Crippen molar-refractivity contribution < 1.29 is 4.79 Å². The molecule has 3 heterocycles. The molecule has 3 aromatic heterocycles. The lowest BCUT2D eigenvalue weighted by Crippen LogP contribution is -2.12. The predicted octanol–water partition coefficient (Wildman–Crippen LogP) is 1.68. The van der Waals surface area contributed by atoms with Crippen LogP contribution in [0.3, 0.4) is 0 Å². The molecule has 0 saturated heterocycles. The van der Waals surface area contributed by atoms with Crippen LogP contribution in [0.25, 0.3) is 5.82 Å². The van der Waals surface area contributed by atoms with Crippen molar-refractivity contribution in [2.45, 2.75) is 6.92 Å². The van der Waals surface area contributed by atoms with Gasteiger partial charge in [0.2, 0.25) is 0 Å². The highest BCUT2D eigenvalue weighted by molar-refractivity contribution is 7.12. The smallest absolute Gasteiger partial charge is 0.266 e. The van der Waals surface area contributed by atoms with Crippen LogP contribution in [0.4, 0.5) is 5.82 Å². The summed E-state index contributed by atoms with van der Waals surface area (Å²) in [5, 5.41) is 8.63. The largest absolute Gasteiger partial charge is 0.306 e. The van der Waals surface area contributed by atoms with Gasteiger partial charge in [-0.2, -0.15) is 5.10 Å². The molecule has 1 N–H and O–H groups in total. The zero-order valence-corrected chi connectivity index (χ0v) is 11.3. The Labute approximate surface area is 118 Å². The molecule has 3 rings (SSSR count). The highest BCUT2D eigenvalue weighted by Crippen LogP contribution is 2.16. The van der Waals surface area contributed by atoms with Gasteiger partial charge >= 0.3 is 0 Å². The Balaban J connectivity index is 1.81. The summed E-state index contributed by atoms with van der Waals surface area (Å²) in [6, 6.07) is 3.46. The number of aryl methyl sites for hydroxylation is 1. The van der Waals surface area contributed by atoms with Crippen LogP contribution < -0.4 is 5.32 Å². The fourth-order valence-electron chi connectivity index (χ4n) is 1.60. The van der Waals surface area contributed by atoms with E-state index in [1.165, 1.54) is 35.0 Å². The van der Waals surface area contributed by atoms with Gasteiger partial charge in [-0.15, -0.1) is 11.3 Å². The maximum atomic E-state index is 12.0. The summed E-state index contributed by atoms with van der Waals surface area (Å²) in [5.41, 5.74) is 1.06. The van der Waals surface area contributed by atoms with E-state index in [0.29, 0.717) is 16.5 Å². The minimum atomic E-state index is -0.189. The summed E-state index contributed by atoms with van der Waals surface area (Å²) in [5.74, 6) is 0.767. The van der Waals surface area contributed by atoms with Gasteiger partial charge in [-0.25, -0.2) is 19.6 Å². The van der Waals surface area contributed by atoms with E-state index in [4.69, 9.17) is 0 Å². The Kier molecular flexibility index (Phi) is 3.21. The van der Waals surface area contributed by atoms with Gasteiger partial charge in [0.05, 0.1) is 4.88 Å². The molecule has 0 spiro atoms. The van der Waals surface area contributed by atoms with Crippen molar-refractivity contribution in [3.05, 3.63) is 46.9 Å². The highest BCUT2D eigenvalue weighted by Gasteiger charge is 2.10. The van der Waals surface area contributed by atoms with E-state index < -0.39 is 0 Å². The van der Waals surface area contributed by atoms with Crippen LogP contribution in [-0.4, -0.2) is 30.6 Å². The van der Waals surface area contributed by atoms with Crippen LogP contribution in [0.2, 0.25) is 0 Å². The molecule has 100 valence electrons. The van der Waals surface area contributed by atoms with Crippen molar-refractivity contribution in [3.8, 4) is 5.82 Å². The van der Waals surface area contributed by atoms with E-state index in [2.05, 4.69) is 25.4 Å². The molecule has 7 nitrogen and oxygen atoms in total. The Morgan fingerprint density at radius 3 is 2.90 bits per heavy atom. The Morgan fingerprint density at radius 1 is 1.30 bits per heavy atom. The first-order chi connectivity index (χ1) is 9.72. The number of carbonyl (C=O) groups excluding carboxylic acids is 1. The van der Waals surface area contributed by atoms with Crippen LogP contribution in [0, 0.1) is 6.92 Å². The highest BCUT2D eigenvalue weighted by atomic mass is 32.1. The lowest BCUT2D eigenvalue weighted by atomic mass is 10.3. The molecular weight excluding hydrogens is 276 g/mol. The van der Waals surface area contributed by atoms with Gasteiger partial charge in [0.1, 0.15) is 24.8 Å². The van der Waals surface area contributed by atoms with E-state index in [0.717, 1.165) is 5.56 Å². The lowest BCUT2D eigenvalue weighted by Gasteiger charge is -2.04. The molecule has 0 bridgehead atoms. The summed E-state index contributed by atoms with van der Waals surface area (Å²) >= 11 is 1.40. The van der Waals surface area contributed by atoms with Gasteiger partial charge in [0, 0.05) is 6.07 Å². The number of thiophene rings is 1. The number of anilines is 1. The minimum Gasteiger partial charge on any atom is -0.306 e. The minimum absolute atomic E-state index is 0.189. The summed E-state index contributed by atoms with van der Waals surface area (Å²) in [4.78, 5) is 24.6. The standard InChI is InChI=1S/C12H10N6OS/c1-8-2-9(20-4-8)12(19)17-10-3-11(15-6-14-10)18-7-13-5-16-18/h2-7H,1H3,(H,14,15,17,19). The van der Waals surface area contributed by atoms with Gasteiger partial charge in [-0.3, -0.25) is 4.79 Å². The second kappa shape index (κ2) is 5.17. The zero-order chi connectivity index (χ0) is 13.9. The Hall–Kier alpha value is -2.61. The normalized spacial score (nSPS) is 10.4. The van der Waals surface area contributed by atoms with Crippen molar-refractivity contribution in [3.63, 3.8) is 0 Å². The first kappa shape index (κ1) is 12.4. The maximum absolute atomic E-state index is 12.0. The molecule has 0 aliphatic heterocycles. The van der Waals surface area contributed by atoms with Gasteiger partial charge in [0.15, 0.2) is 5.82 Å². The molecule has 0 aromatic carbocycles. The van der Waals surface area contributed by atoms with Crippen molar-refractivity contribution >= 4 is 23.1 Å². The van der Waals surface area contributed by atoms with Gasteiger partial charge in [-0.1, -0.05) is 0 Å². The number of amides is 1. The van der Waals surface area contributed by atoms with E-state index in [1.807, 2.05) is 18.4 Å². The van der Waals surface area contributed by atoms with Crippen LogP contribution in [0.15, 0.2) is 36.5 Å². The maximum Gasteiger partial charge on any atom is 0.266 e. The van der Waals surface area contributed by atoms with E-state index >= 15 is 0 Å². The summed E-state index contributed by atoms with van der Waals surface area (Å²) in [6.07, 6.45) is 4.30. The molecule has 0 radical (unpaired) electrons. The number of carbonyl (C=O) groups is 1. The number of rotatable bonds is 3. The van der Waals surface area contributed by atoms with Crippen molar-refractivity contribution in [1.29, 1.82) is 0 Å². The third-order valence-electron chi connectivity index (χ3n) is 2.50. The van der Waals surface area contributed by atoms with Crippen LogP contribution in [0.5, 0.6) is 0 Å². The fourth-order valence-corrected chi connectivity index (χ4v) is 2.39. The first-order valence-corrected chi connectivity index (χ1v) is 6.64. The molecular formula is C12H10N6OS. The molecule has 0 aliphatic carbocycles. The van der Waals surface area contributed by atoms with Crippen LogP contribution >= 0.6 is 11.3 Å². The van der Waals surface area contributed by atoms with E-state index in [1.54, 1.807) is 6.07 Å².